The van der Waals surface area contributed by atoms with Crippen molar-refractivity contribution in [2.24, 2.45) is 5.92 Å². The standard InChI is InChI=1S/C13H24N2O2/c1-9-4-3-5-10(2)15(9)12-6-11(13(16)17)7-14-8-12/h9-12,14H,3-8H2,1-2H3,(H,16,17)/t9-,10+,11-,12-/m1/s1. The third-order valence-corrected chi connectivity index (χ3v) is 4.36. The van der Waals surface area contributed by atoms with Crippen LogP contribution in [0.25, 0.3) is 0 Å². The summed E-state index contributed by atoms with van der Waals surface area (Å²) in [5.74, 6) is -0.866. The van der Waals surface area contributed by atoms with Gasteiger partial charge in [-0.05, 0) is 33.1 Å². The van der Waals surface area contributed by atoms with Crippen molar-refractivity contribution >= 4 is 5.97 Å². The number of hydrogen-bond donors (Lipinski definition) is 2. The molecule has 4 atom stereocenters. The normalized spacial score (nSPS) is 40.1. The molecule has 98 valence electrons. The highest BCUT2D eigenvalue weighted by atomic mass is 16.4. The van der Waals surface area contributed by atoms with Gasteiger partial charge in [-0.2, -0.15) is 0 Å². The van der Waals surface area contributed by atoms with E-state index < -0.39 is 5.97 Å². The summed E-state index contributed by atoms with van der Waals surface area (Å²) < 4.78 is 0. The molecule has 4 nitrogen and oxygen atoms in total. The van der Waals surface area contributed by atoms with E-state index in [4.69, 9.17) is 5.11 Å². The van der Waals surface area contributed by atoms with Crippen LogP contribution >= 0.6 is 0 Å². The van der Waals surface area contributed by atoms with Crippen molar-refractivity contribution in [3.63, 3.8) is 0 Å². The van der Waals surface area contributed by atoms with Gasteiger partial charge in [-0.25, -0.2) is 0 Å². The highest BCUT2D eigenvalue weighted by molar-refractivity contribution is 5.70. The Hall–Kier alpha value is -0.610. The summed E-state index contributed by atoms with van der Waals surface area (Å²) in [5, 5.41) is 12.4. The largest absolute Gasteiger partial charge is 0.481 e. The zero-order chi connectivity index (χ0) is 12.4. The van der Waals surface area contributed by atoms with Crippen molar-refractivity contribution in [3.8, 4) is 0 Å². The Bertz CT molecular complexity index is 273. The van der Waals surface area contributed by atoms with Gasteiger partial charge in [0.2, 0.25) is 0 Å². The fraction of sp³-hybridized carbons (Fsp3) is 0.923. The second-order valence-electron chi connectivity index (χ2n) is 5.66. The fourth-order valence-electron chi connectivity index (χ4n) is 3.50. The second-order valence-corrected chi connectivity index (χ2v) is 5.66. The highest BCUT2D eigenvalue weighted by Crippen LogP contribution is 2.28. The minimum Gasteiger partial charge on any atom is -0.481 e. The molecule has 2 heterocycles. The van der Waals surface area contributed by atoms with Crippen molar-refractivity contribution in [3.05, 3.63) is 0 Å². The van der Waals surface area contributed by atoms with Crippen molar-refractivity contribution in [2.75, 3.05) is 13.1 Å². The number of piperidine rings is 2. The number of rotatable bonds is 2. The maximum Gasteiger partial charge on any atom is 0.307 e. The number of hydrogen-bond acceptors (Lipinski definition) is 3. The maximum absolute atomic E-state index is 11.1. The molecule has 2 aliphatic heterocycles. The molecule has 2 N–H and O–H groups in total. The van der Waals surface area contributed by atoms with Crippen LogP contribution in [0.4, 0.5) is 0 Å². The van der Waals surface area contributed by atoms with E-state index >= 15 is 0 Å². The molecule has 0 saturated carbocycles. The van der Waals surface area contributed by atoms with Gasteiger partial charge < -0.3 is 10.4 Å². The van der Waals surface area contributed by atoms with E-state index in [1.807, 2.05) is 0 Å². The van der Waals surface area contributed by atoms with E-state index in [1.54, 1.807) is 0 Å². The van der Waals surface area contributed by atoms with Gasteiger partial charge in [-0.1, -0.05) is 6.42 Å². The minimum absolute atomic E-state index is 0.213. The lowest BCUT2D eigenvalue weighted by molar-refractivity contribution is -0.143. The van der Waals surface area contributed by atoms with Crippen LogP contribution in [-0.4, -0.2) is 47.2 Å². The average Bonchev–Trinajstić information content (AvgIpc) is 2.29. The number of carbonyl (C=O) groups is 1. The molecular weight excluding hydrogens is 216 g/mol. The molecule has 4 heteroatoms. The first kappa shape index (κ1) is 12.8. The summed E-state index contributed by atoms with van der Waals surface area (Å²) in [6, 6.07) is 1.59. The molecule has 2 rings (SSSR count). The Morgan fingerprint density at radius 3 is 2.47 bits per heavy atom. The summed E-state index contributed by atoms with van der Waals surface area (Å²) in [7, 11) is 0. The molecule has 0 aromatic heterocycles. The number of nitrogens with zero attached hydrogens (tertiary/aromatic N) is 1. The number of aliphatic carboxylic acids is 1. The summed E-state index contributed by atoms with van der Waals surface area (Å²) >= 11 is 0. The molecule has 0 aliphatic carbocycles. The minimum atomic E-state index is -0.653. The Morgan fingerprint density at radius 2 is 1.88 bits per heavy atom. The number of carboxylic acids is 1. The van der Waals surface area contributed by atoms with E-state index in [1.165, 1.54) is 19.3 Å². The van der Waals surface area contributed by atoms with Crippen molar-refractivity contribution < 1.29 is 9.90 Å². The van der Waals surface area contributed by atoms with Crippen LogP contribution in [0.1, 0.15) is 39.5 Å². The third-order valence-electron chi connectivity index (χ3n) is 4.36. The SMILES string of the molecule is C[C@@H]1CCC[C@H](C)N1[C@H]1CNC[C@H](C(=O)O)C1. The van der Waals surface area contributed by atoms with E-state index in [0.29, 0.717) is 24.7 Å². The molecule has 2 saturated heterocycles. The van der Waals surface area contributed by atoms with Gasteiger partial charge in [0.15, 0.2) is 0 Å². The lowest BCUT2D eigenvalue weighted by Crippen LogP contribution is -2.57. The summed E-state index contributed by atoms with van der Waals surface area (Å²) in [4.78, 5) is 13.6. The van der Waals surface area contributed by atoms with Crippen molar-refractivity contribution in [2.45, 2.75) is 57.7 Å². The molecule has 0 unspecified atom stereocenters. The van der Waals surface area contributed by atoms with Gasteiger partial charge >= 0.3 is 5.97 Å². The Kier molecular flexibility index (Phi) is 4.05. The van der Waals surface area contributed by atoms with E-state index in [-0.39, 0.29) is 5.92 Å². The van der Waals surface area contributed by atoms with Crippen LogP contribution in [0.3, 0.4) is 0 Å². The van der Waals surface area contributed by atoms with Gasteiger partial charge in [0.25, 0.3) is 0 Å². The average molecular weight is 240 g/mol. The van der Waals surface area contributed by atoms with Crippen LogP contribution in [0.2, 0.25) is 0 Å². The zero-order valence-corrected chi connectivity index (χ0v) is 10.9. The van der Waals surface area contributed by atoms with Gasteiger partial charge in [0, 0.05) is 31.2 Å². The van der Waals surface area contributed by atoms with Crippen molar-refractivity contribution in [1.82, 2.24) is 10.2 Å². The van der Waals surface area contributed by atoms with Crippen LogP contribution in [0, 0.1) is 5.92 Å². The number of carboxylic acid groups (broad SMARTS) is 1. The quantitative estimate of drug-likeness (QED) is 0.764. The van der Waals surface area contributed by atoms with E-state index in [0.717, 1.165) is 13.0 Å². The van der Waals surface area contributed by atoms with Crippen LogP contribution in [-0.2, 0) is 4.79 Å². The summed E-state index contributed by atoms with van der Waals surface area (Å²) in [5.41, 5.74) is 0. The molecule has 0 aromatic rings. The predicted molar refractivity (Wildman–Crippen MR) is 67.0 cm³/mol. The molecule has 0 radical (unpaired) electrons. The predicted octanol–water partition coefficient (Wildman–Crippen LogP) is 1.31. The Morgan fingerprint density at radius 1 is 1.24 bits per heavy atom. The monoisotopic (exact) mass is 240 g/mol. The number of likely N-dealkylation sites (tertiary alicyclic amines) is 1. The molecule has 0 amide bonds. The topological polar surface area (TPSA) is 52.6 Å². The van der Waals surface area contributed by atoms with Gasteiger partial charge in [-0.15, -0.1) is 0 Å². The zero-order valence-electron chi connectivity index (χ0n) is 10.9. The Balaban J connectivity index is 2.02. The van der Waals surface area contributed by atoms with Crippen LogP contribution in [0.15, 0.2) is 0 Å². The van der Waals surface area contributed by atoms with E-state index in [9.17, 15) is 4.79 Å². The molecule has 2 fully saturated rings. The lowest BCUT2D eigenvalue weighted by Gasteiger charge is -2.46. The molecule has 0 aromatic carbocycles. The van der Waals surface area contributed by atoms with Gasteiger partial charge in [0.1, 0.15) is 0 Å². The first-order chi connectivity index (χ1) is 8.09. The van der Waals surface area contributed by atoms with Crippen LogP contribution in [0.5, 0.6) is 0 Å². The molecule has 0 bridgehead atoms. The Labute approximate surface area is 103 Å². The molecule has 2 aliphatic rings. The smallest absolute Gasteiger partial charge is 0.307 e. The van der Waals surface area contributed by atoms with Crippen molar-refractivity contribution in [1.29, 1.82) is 0 Å². The van der Waals surface area contributed by atoms with Gasteiger partial charge in [-0.3, -0.25) is 9.69 Å². The van der Waals surface area contributed by atoms with Crippen LogP contribution < -0.4 is 5.32 Å². The molecule has 17 heavy (non-hydrogen) atoms. The summed E-state index contributed by atoms with van der Waals surface area (Å²) in [6.07, 6.45) is 4.61. The summed E-state index contributed by atoms with van der Waals surface area (Å²) in [6.45, 7) is 6.13. The second kappa shape index (κ2) is 5.36. The lowest BCUT2D eigenvalue weighted by atomic mass is 9.89. The highest BCUT2D eigenvalue weighted by Gasteiger charge is 2.35. The maximum atomic E-state index is 11.1. The number of nitrogens with one attached hydrogen (secondary N) is 1. The third kappa shape index (κ3) is 2.80. The van der Waals surface area contributed by atoms with Gasteiger partial charge in [0.05, 0.1) is 5.92 Å². The molecular formula is C13H24N2O2. The first-order valence-corrected chi connectivity index (χ1v) is 6.80. The van der Waals surface area contributed by atoms with E-state index in [2.05, 4.69) is 24.1 Å². The molecule has 0 spiro atoms. The first-order valence-electron chi connectivity index (χ1n) is 6.80. The fourth-order valence-corrected chi connectivity index (χ4v) is 3.50.